The van der Waals surface area contributed by atoms with Gasteiger partial charge >= 0.3 is 5.97 Å². The van der Waals surface area contributed by atoms with Crippen LogP contribution >= 0.6 is 11.3 Å². The zero-order chi connectivity index (χ0) is 17.6. The number of halogens is 1. The lowest BCUT2D eigenvalue weighted by Gasteiger charge is -2.19. The lowest BCUT2D eigenvalue weighted by atomic mass is 10.1. The molecule has 1 aromatic carbocycles. The molecule has 2 heterocycles. The highest BCUT2D eigenvalue weighted by Crippen LogP contribution is 2.28. The van der Waals surface area contributed by atoms with E-state index in [1.807, 2.05) is 0 Å². The average molecular weight is 365 g/mol. The number of fused-ring (bicyclic) bond motifs is 1. The van der Waals surface area contributed by atoms with Crippen LogP contribution in [0.15, 0.2) is 22.6 Å². The van der Waals surface area contributed by atoms with Crippen molar-refractivity contribution in [3.8, 4) is 5.75 Å². The number of esters is 1. The van der Waals surface area contributed by atoms with E-state index in [9.17, 15) is 9.18 Å². The first kappa shape index (κ1) is 17.3. The first-order valence-corrected chi connectivity index (χ1v) is 8.45. The Hall–Kier alpha value is -2.52. The normalized spacial score (nSPS) is 13.4. The van der Waals surface area contributed by atoms with Crippen molar-refractivity contribution < 1.29 is 23.4 Å². The molecule has 0 bridgehead atoms. The Bertz CT molecular complexity index is 794. The van der Waals surface area contributed by atoms with Gasteiger partial charge in [0.1, 0.15) is 11.6 Å². The molecule has 0 amide bonds. The van der Waals surface area contributed by atoms with Gasteiger partial charge in [-0.3, -0.25) is 10.2 Å². The monoisotopic (exact) mass is 365 g/mol. The second-order valence-electron chi connectivity index (χ2n) is 5.09. The lowest BCUT2D eigenvalue weighted by molar-refractivity contribution is -0.142. The fourth-order valence-corrected chi connectivity index (χ4v) is 2.92. The van der Waals surface area contributed by atoms with Gasteiger partial charge < -0.3 is 14.2 Å². The van der Waals surface area contributed by atoms with E-state index < -0.39 is 0 Å². The number of carbonyl (C=O) groups is 1. The molecule has 0 atom stereocenters. The van der Waals surface area contributed by atoms with Crippen molar-refractivity contribution in [1.29, 1.82) is 0 Å². The number of hydrazone groups is 1. The lowest BCUT2D eigenvalue weighted by Crippen LogP contribution is -2.13. The summed E-state index contributed by atoms with van der Waals surface area (Å²) in [5, 5.41) is 6.33. The van der Waals surface area contributed by atoms with Gasteiger partial charge in [-0.1, -0.05) is 0 Å². The van der Waals surface area contributed by atoms with Gasteiger partial charge in [0.05, 0.1) is 31.5 Å². The van der Waals surface area contributed by atoms with Crippen LogP contribution in [0.4, 0.5) is 9.52 Å². The van der Waals surface area contributed by atoms with Crippen molar-refractivity contribution in [2.24, 2.45) is 5.10 Å². The molecule has 0 saturated carbocycles. The summed E-state index contributed by atoms with van der Waals surface area (Å²) in [5.74, 6) is -0.158. The van der Waals surface area contributed by atoms with Gasteiger partial charge in [0.15, 0.2) is 6.79 Å². The van der Waals surface area contributed by atoms with Crippen molar-refractivity contribution >= 4 is 28.7 Å². The minimum atomic E-state index is -0.389. The SMILES string of the molecule is CCOC(=O)Cc1csc(NN=Cc2cc(F)cc3c2OCOC3)n1. The Morgan fingerprint density at radius 2 is 2.44 bits per heavy atom. The Kier molecular flexibility index (Phi) is 5.56. The van der Waals surface area contributed by atoms with Gasteiger partial charge in [0.25, 0.3) is 0 Å². The number of carbonyl (C=O) groups excluding carboxylic acids is 1. The molecule has 1 aromatic heterocycles. The van der Waals surface area contributed by atoms with Crippen LogP contribution in [0.2, 0.25) is 0 Å². The molecular weight excluding hydrogens is 349 g/mol. The molecule has 0 fully saturated rings. The summed E-state index contributed by atoms with van der Waals surface area (Å²) in [6.45, 7) is 2.51. The van der Waals surface area contributed by atoms with Crippen LogP contribution in [0, 0.1) is 5.82 Å². The Balaban J connectivity index is 1.65. The van der Waals surface area contributed by atoms with Crippen LogP contribution < -0.4 is 10.2 Å². The number of ether oxygens (including phenoxy) is 3. The van der Waals surface area contributed by atoms with E-state index in [0.29, 0.717) is 40.9 Å². The van der Waals surface area contributed by atoms with E-state index in [0.717, 1.165) is 0 Å². The van der Waals surface area contributed by atoms with Crippen LogP contribution in [-0.2, 0) is 27.3 Å². The minimum Gasteiger partial charge on any atom is -0.466 e. The van der Waals surface area contributed by atoms with Crippen LogP contribution in [0.5, 0.6) is 5.75 Å². The van der Waals surface area contributed by atoms with Crippen LogP contribution in [0.25, 0.3) is 0 Å². The molecule has 0 aliphatic carbocycles. The molecule has 0 unspecified atom stereocenters. The molecule has 3 rings (SSSR count). The second kappa shape index (κ2) is 8.04. The zero-order valence-corrected chi connectivity index (χ0v) is 14.3. The molecule has 25 heavy (non-hydrogen) atoms. The Morgan fingerprint density at radius 3 is 3.28 bits per heavy atom. The number of nitrogens with zero attached hydrogens (tertiary/aromatic N) is 2. The number of hydrogen-bond donors (Lipinski definition) is 1. The highest BCUT2D eigenvalue weighted by molar-refractivity contribution is 7.13. The third-order valence-corrected chi connectivity index (χ3v) is 4.05. The topological polar surface area (TPSA) is 82.0 Å². The predicted octanol–water partition coefficient (Wildman–Crippen LogP) is 2.70. The van der Waals surface area contributed by atoms with Gasteiger partial charge in [0.2, 0.25) is 5.13 Å². The van der Waals surface area contributed by atoms with Gasteiger partial charge in [-0.25, -0.2) is 9.37 Å². The smallest absolute Gasteiger partial charge is 0.311 e. The number of nitrogens with one attached hydrogen (secondary N) is 1. The van der Waals surface area contributed by atoms with Crippen LogP contribution in [0.1, 0.15) is 23.7 Å². The van der Waals surface area contributed by atoms with E-state index in [4.69, 9.17) is 14.2 Å². The summed E-state index contributed by atoms with van der Waals surface area (Å²) in [7, 11) is 0. The molecule has 1 aliphatic heterocycles. The summed E-state index contributed by atoms with van der Waals surface area (Å²) in [6, 6.07) is 2.71. The number of rotatable bonds is 6. The molecule has 0 radical (unpaired) electrons. The van der Waals surface area contributed by atoms with E-state index >= 15 is 0 Å². The first-order chi connectivity index (χ1) is 12.2. The van der Waals surface area contributed by atoms with E-state index in [1.54, 1.807) is 12.3 Å². The minimum absolute atomic E-state index is 0.112. The largest absolute Gasteiger partial charge is 0.466 e. The highest BCUT2D eigenvalue weighted by Gasteiger charge is 2.16. The number of aromatic nitrogens is 1. The third kappa shape index (κ3) is 4.52. The summed E-state index contributed by atoms with van der Waals surface area (Å²) in [4.78, 5) is 15.7. The number of benzene rings is 1. The molecule has 9 heteroatoms. The maximum atomic E-state index is 13.6. The predicted molar refractivity (Wildman–Crippen MR) is 90.4 cm³/mol. The molecule has 1 aliphatic rings. The zero-order valence-electron chi connectivity index (χ0n) is 13.5. The van der Waals surface area contributed by atoms with Gasteiger partial charge in [-0.2, -0.15) is 5.10 Å². The van der Waals surface area contributed by atoms with Crippen LogP contribution in [0.3, 0.4) is 0 Å². The quantitative estimate of drug-likeness (QED) is 0.482. The van der Waals surface area contributed by atoms with Crippen molar-refractivity contribution in [3.63, 3.8) is 0 Å². The summed E-state index contributed by atoms with van der Waals surface area (Å²) < 4.78 is 29.1. The van der Waals surface area contributed by atoms with Crippen molar-refractivity contribution in [2.75, 3.05) is 18.8 Å². The fourth-order valence-electron chi connectivity index (χ4n) is 2.26. The summed E-state index contributed by atoms with van der Waals surface area (Å²) in [6.07, 6.45) is 1.57. The van der Waals surface area contributed by atoms with Gasteiger partial charge in [0, 0.05) is 16.5 Å². The molecular formula is C16H16FN3O4S. The molecule has 2 aromatic rings. The maximum Gasteiger partial charge on any atom is 0.311 e. The van der Waals surface area contributed by atoms with Gasteiger partial charge in [-0.05, 0) is 19.1 Å². The first-order valence-electron chi connectivity index (χ1n) is 7.57. The average Bonchev–Trinajstić information content (AvgIpc) is 3.02. The summed E-state index contributed by atoms with van der Waals surface area (Å²) in [5.41, 5.74) is 4.51. The fraction of sp³-hybridized carbons (Fsp3) is 0.312. The second-order valence-corrected chi connectivity index (χ2v) is 5.95. The van der Waals surface area contributed by atoms with E-state index in [2.05, 4.69) is 15.5 Å². The van der Waals surface area contributed by atoms with E-state index in [-0.39, 0.29) is 25.0 Å². The van der Waals surface area contributed by atoms with Gasteiger partial charge in [-0.15, -0.1) is 11.3 Å². The number of anilines is 1. The van der Waals surface area contributed by atoms with Crippen molar-refractivity contribution in [1.82, 2.24) is 4.98 Å². The number of hydrogen-bond acceptors (Lipinski definition) is 8. The highest BCUT2D eigenvalue weighted by atomic mass is 32.1. The van der Waals surface area contributed by atoms with Crippen molar-refractivity contribution in [3.05, 3.63) is 40.2 Å². The standard InChI is InChI=1S/C16H16FN3O4S/c1-2-23-14(21)5-13-8-25-16(19-13)20-18-6-10-3-12(17)4-11-7-22-9-24-15(10)11/h3-4,6,8H,2,5,7,9H2,1H3,(H,19,20). The molecule has 7 nitrogen and oxygen atoms in total. The van der Waals surface area contributed by atoms with Crippen LogP contribution in [-0.4, -0.2) is 30.6 Å². The molecule has 132 valence electrons. The maximum absolute atomic E-state index is 13.6. The Labute approximate surface area is 147 Å². The Morgan fingerprint density at radius 1 is 1.56 bits per heavy atom. The van der Waals surface area contributed by atoms with E-state index in [1.165, 1.54) is 29.7 Å². The van der Waals surface area contributed by atoms with Crippen molar-refractivity contribution in [2.45, 2.75) is 20.0 Å². The number of thiazole rings is 1. The molecule has 0 saturated heterocycles. The summed E-state index contributed by atoms with van der Waals surface area (Å²) >= 11 is 1.31. The molecule has 0 spiro atoms. The molecule has 1 N–H and O–H groups in total. The third-order valence-electron chi connectivity index (χ3n) is 3.25.